The van der Waals surface area contributed by atoms with Gasteiger partial charge in [-0.2, -0.15) is 0 Å². The topological polar surface area (TPSA) is 17.8 Å². The van der Waals surface area contributed by atoms with Crippen LogP contribution in [0.2, 0.25) is 0 Å². The summed E-state index contributed by atoms with van der Waals surface area (Å²) in [6, 6.07) is 0. The normalized spacial score (nSPS) is 27.7. The summed E-state index contributed by atoms with van der Waals surface area (Å²) in [6.45, 7) is 10.5. The van der Waals surface area contributed by atoms with Crippen molar-refractivity contribution in [2.45, 2.75) is 69.3 Å². The summed E-state index contributed by atoms with van der Waals surface area (Å²) in [5.41, 5.74) is 0.289. The van der Waals surface area contributed by atoms with Crippen LogP contribution in [-0.4, -0.2) is 24.6 Å². The van der Waals surface area contributed by atoms with Crippen LogP contribution in [0.5, 0.6) is 0 Å². The largest absolute Gasteiger partial charge is 0.335 e. The Labute approximate surface area is 132 Å². The Morgan fingerprint density at radius 2 is 2.20 bits per heavy atom. The summed E-state index contributed by atoms with van der Waals surface area (Å²) in [5, 5.41) is 0.832. The monoisotopic (exact) mass is 312 g/mol. The van der Waals surface area contributed by atoms with Crippen LogP contribution in [0.1, 0.15) is 53.4 Å². The summed E-state index contributed by atoms with van der Waals surface area (Å²) in [5.74, 6) is 1.30. The molecule has 1 aliphatic heterocycles. The minimum Gasteiger partial charge on any atom is -0.335 e. The van der Waals surface area contributed by atoms with Gasteiger partial charge in [-0.15, -0.1) is 23.5 Å². The van der Waals surface area contributed by atoms with Crippen LogP contribution in [0.15, 0.2) is 18.7 Å². The molecule has 20 heavy (non-hydrogen) atoms. The first kappa shape index (κ1) is 16.3. The molecular weight excluding hydrogens is 284 g/mol. The van der Waals surface area contributed by atoms with Gasteiger partial charge in [-0.3, -0.25) is 0 Å². The second kappa shape index (κ2) is 6.78. The van der Waals surface area contributed by atoms with Crippen molar-refractivity contribution in [1.82, 2.24) is 9.55 Å². The molecule has 0 aliphatic carbocycles. The van der Waals surface area contributed by atoms with E-state index >= 15 is 0 Å². The van der Waals surface area contributed by atoms with E-state index in [4.69, 9.17) is 0 Å². The molecule has 2 nitrogen and oxygen atoms in total. The molecule has 0 aromatic carbocycles. The fraction of sp³-hybridized carbons (Fsp3) is 0.812. The van der Waals surface area contributed by atoms with Crippen molar-refractivity contribution in [3.05, 3.63) is 18.7 Å². The predicted molar refractivity (Wildman–Crippen MR) is 92.4 cm³/mol. The van der Waals surface area contributed by atoms with E-state index in [0.29, 0.717) is 0 Å². The molecule has 1 aromatic rings. The van der Waals surface area contributed by atoms with Gasteiger partial charge in [0.25, 0.3) is 0 Å². The number of unbranched alkanes of at least 4 members (excludes halogenated alkanes) is 1. The molecular formula is C16H28N2S2. The first-order chi connectivity index (χ1) is 9.47. The number of hydrogen-bond acceptors (Lipinski definition) is 3. The van der Waals surface area contributed by atoms with E-state index in [1.165, 1.54) is 31.4 Å². The molecule has 0 N–H and O–H groups in total. The molecule has 1 aromatic heterocycles. The Morgan fingerprint density at radius 1 is 1.40 bits per heavy atom. The van der Waals surface area contributed by atoms with E-state index in [0.717, 1.165) is 11.8 Å². The quantitative estimate of drug-likeness (QED) is 0.757. The Hall–Kier alpha value is -0.0900. The molecule has 2 atom stereocenters. The molecule has 0 saturated carbocycles. The van der Waals surface area contributed by atoms with Crippen LogP contribution in [-0.2, 0) is 6.54 Å². The van der Waals surface area contributed by atoms with Gasteiger partial charge in [-0.1, -0.05) is 40.5 Å². The van der Waals surface area contributed by atoms with Crippen LogP contribution in [0.4, 0.5) is 0 Å². The van der Waals surface area contributed by atoms with Crippen LogP contribution in [0.3, 0.4) is 0 Å². The van der Waals surface area contributed by atoms with E-state index in [-0.39, 0.29) is 9.49 Å². The molecule has 0 radical (unpaired) electrons. The van der Waals surface area contributed by atoms with E-state index < -0.39 is 0 Å². The number of nitrogens with zero attached hydrogens (tertiary/aromatic N) is 2. The third-order valence-corrected chi connectivity index (χ3v) is 8.32. The van der Waals surface area contributed by atoms with Crippen LogP contribution < -0.4 is 0 Å². The van der Waals surface area contributed by atoms with E-state index in [1.807, 2.05) is 12.5 Å². The highest BCUT2D eigenvalue weighted by molar-refractivity contribution is 8.19. The minimum atomic E-state index is 0.268. The molecule has 1 saturated heterocycles. The second-order valence-corrected chi connectivity index (χ2v) is 10.0. The first-order valence-corrected chi connectivity index (χ1v) is 9.61. The van der Waals surface area contributed by atoms with Gasteiger partial charge >= 0.3 is 0 Å². The molecule has 0 spiro atoms. The van der Waals surface area contributed by atoms with E-state index in [9.17, 15) is 0 Å². The highest BCUT2D eigenvalue weighted by Crippen LogP contribution is 2.57. The summed E-state index contributed by atoms with van der Waals surface area (Å²) in [6.07, 6.45) is 11.4. The smallest absolute Gasteiger partial charge is 0.0946 e. The fourth-order valence-corrected chi connectivity index (χ4v) is 6.81. The van der Waals surface area contributed by atoms with Crippen molar-refractivity contribution in [1.29, 1.82) is 0 Å². The summed E-state index contributed by atoms with van der Waals surface area (Å²) in [4.78, 5) is 4.21. The van der Waals surface area contributed by atoms with Crippen molar-refractivity contribution < 1.29 is 0 Å². The molecule has 0 bridgehead atoms. The lowest BCUT2D eigenvalue weighted by Crippen LogP contribution is -2.44. The van der Waals surface area contributed by atoms with E-state index in [1.54, 1.807) is 0 Å². The van der Waals surface area contributed by atoms with Gasteiger partial charge in [0.2, 0.25) is 0 Å². The molecule has 4 heteroatoms. The summed E-state index contributed by atoms with van der Waals surface area (Å²) in [7, 11) is 0. The molecule has 2 rings (SSSR count). The average Bonchev–Trinajstić information content (AvgIpc) is 2.88. The van der Waals surface area contributed by atoms with Gasteiger partial charge in [0.05, 0.1) is 10.4 Å². The highest BCUT2D eigenvalue weighted by Gasteiger charge is 2.47. The minimum absolute atomic E-state index is 0.268. The third kappa shape index (κ3) is 3.76. The molecule has 1 fully saturated rings. The number of thioether (sulfide) groups is 2. The molecule has 2 heterocycles. The van der Waals surface area contributed by atoms with Crippen molar-refractivity contribution in [2.24, 2.45) is 5.41 Å². The molecule has 1 aliphatic rings. The predicted octanol–water partition coefficient (Wildman–Crippen LogP) is 5.05. The number of hydrogen-bond donors (Lipinski definition) is 0. The molecule has 114 valence electrons. The van der Waals surface area contributed by atoms with Crippen LogP contribution in [0, 0.1) is 5.41 Å². The Balaban J connectivity index is 2.14. The zero-order valence-corrected chi connectivity index (χ0v) is 14.9. The number of aromatic nitrogens is 2. The zero-order chi connectivity index (χ0) is 14.6. The Kier molecular flexibility index (Phi) is 5.52. The number of rotatable bonds is 5. The molecule has 2 unspecified atom stereocenters. The van der Waals surface area contributed by atoms with Gasteiger partial charge < -0.3 is 4.57 Å². The van der Waals surface area contributed by atoms with Crippen molar-refractivity contribution in [2.75, 3.05) is 5.75 Å². The van der Waals surface area contributed by atoms with Crippen LogP contribution in [0.25, 0.3) is 0 Å². The average molecular weight is 313 g/mol. The maximum Gasteiger partial charge on any atom is 0.0946 e. The van der Waals surface area contributed by atoms with Crippen LogP contribution >= 0.6 is 23.5 Å². The van der Waals surface area contributed by atoms with Crippen molar-refractivity contribution in [3.63, 3.8) is 0 Å². The zero-order valence-electron chi connectivity index (χ0n) is 13.3. The maximum atomic E-state index is 4.21. The Bertz CT molecular complexity index is 397. The lowest BCUT2D eigenvalue weighted by atomic mass is 9.90. The van der Waals surface area contributed by atoms with Gasteiger partial charge in [-0.05, 0) is 24.0 Å². The summed E-state index contributed by atoms with van der Waals surface area (Å²) < 4.78 is 2.53. The fourth-order valence-electron chi connectivity index (χ4n) is 2.69. The maximum absolute atomic E-state index is 4.21. The summed E-state index contributed by atoms with van der Waals surface area (Å²) >= 11 is 4.41. The van der Waals surface area contributed by atoms with Gasteiger partial charge in [-0.25, -0.2) is 4.98 Å². The standard InChI is InChI=1S/C16H28N2S2/c1-5-6-7-14-8-11-19-16(20-14,15(2,3)4)12-18-10-9-17-13-18/h9-10,13-14H,5-8,11-12H2,1-4H3. The second-order valence-electron chi connectivity index (χ2n) is 6.76. The Morgan fingerprint density at radius 3 is 2.80 bits per heavy atom. The lowest BCUT2D eigenvalue weighted by molar-refractivity contribution is 0.333. The van der Waals surface area contributed by atoms with Crippen molar-refractivity contribution >= 4 is 23.5 Å². The first-order valence-electron chi connectivity index (χ1n) is 7.74. The van der Waals surface area contributed by atoms with Gasteiger partial charge in [0.1, 0.15) is 0 Å². The SMILES string of the molecule is CCCCC1CCSC(Cn2ccnc2)(C(C)(C)C)S1. The lowest BCUT2D eigenvalue weighted by Gasteiger charge is -2.48. The van der Waals surface area contributed by atoms with Crippen molar-refractivity contribution in [3.8, 4) is 0 Å². The van der Waals surface area contributed by atoms with Gasteiger partial charge in [0.15, 0.2) is 0 Å². The number of imidazole rings is 1. The molecule has 0 amide bonds. The van der Waals surface area contributed by atoms with Gasteiger partial charge in [0, 0.05) is 24.2 Å². The highest BCUT2D eigenvalue weighted by atomic mass is 32.2. The van der Waals surface area contributed by atoms with E-state index in [2.05, 4.69) is 67.0 Å². The third-order valence-electron chi connectivity index (χ3n) is 4.10.